The molecule has 0 fully saturated rings. The van der Waals surface area contributed by atoms with Crippen LogP contribution in [0.1, 0.15) is 0 Å². The molecule has 2 heteroatoms. The van der Waals surface area contributed by atoms with Gasteiger partial charge in [0.05, 0.1) is 16.8 Å². The van der Waals surface area contributed by atoms with E-state index in [1.165, 1.54) is 32.7 Å². The maximum absolute atomic E-state index is 6.33. The fourth-order valence-electron chi connectivity index (χ4n) is 6.10. The lowest BCUT2D eigenvalue weighted by Crippen LogP contribution is -2.12. The van der Waals surface area contributed by atoms with Gasteiger partial charge in [0.1, 0.15) is 11.2 Å². The third-order valence-electron chi connectivity index (χ3n) is 7.84. The van der Waals surface area contributed by atoms with Crippen molar-refractivity contribution in [3.8, 4) is 11.1 Å². The van der Waals surface area contributed by atoms with Crippen LogP contribution < -0.4 is 4.90 Å². The molecule has 0 unspecified atom stereocenters. The fraction of sp³-hybridized carbons (Fsp3) is 0. The SMILES string of the molecule is c1ccc(N(c2ccc3ccccc3c2-c2cccc3ccccc23)c2cccc3oc4ccccc4c23)cc1. The van der Waals surface area contributed by atoms with Crippen LogP contribution in [-0.2, 0) is 0 Å². The lowest BCUT2D eigenvalue weighted by molar-refractivity contribution is 0.669. The largest absolute Gasteiger partial charge is 0.456 e. The molecule has 0 saturated carbocycles. The van der Waals surface area contributed by atoms with Gasteiger partial charge in [0, 0.05) is 16.6 Å². The molecule has 0 aliphatic carbocycles. The van der Waals surface area contributed by atoms with E-state index in [0.29, 0.717) is 0 Å². The monoisotopic (exact) mass is 511 g/mol. The van der Waals surface area contributed by atoms with Crippen LogP contribution in [0.3, 0.4) is 0 Å². The van der Waals surface area contributed by atoms with Gasteiger partial charge < -0.3 is 9.32 Å². The van der Waals surface area contributed by atoms with Crippen LogP contribution >= 0.6 is 0 Å². The second-order valence-electron chi connectivity index (χ2n) is 10.1. The van der Waals surface area contributed by atoms with Crippen molar-refractivity contribution >= 4 is 60.5 Å². The molecule has 188 valence electrons. The Balaban J connectivity index is 1.53. The summed E-state index contributed by atoms with van der Waals surface area (Å²) in [6.45, 7) is 0. The Bertz CT molecular complexity index is 2170. The van der Waals surface area contributed by atoms with Crippen molar-refractivity contribution < 1.29 is 4.42 Å². The summed E-state index contributed by atoms with van der Waals surface area (Å²) in [6.07, 6.45) is 0. The Kier molecular flexibility index (Phi) is 5.17. The molecular weight excluding hydrogens is 486 g/mol. The minimum atomic E-state index is 0.882. The van der Waals surface area contributed by atoms with Crippen LogP contribution in [0, 0.1) is 0 Å². The summed E-state index contributed by atoms with van der Waals surface area (Å²) < 4.78 is 6.33. The molecule has 0 radical (unpaired) electrons. The van der Waals surface area contributed by atoms with Crippen LogP contribution in [0.2, 0.25) is 0 Å². The Labute approximate surface area is 232 Å². The standard InChI is InChI=1S/C38H25NO/c1-2-15-28(16-3-1)39(33-21-11-23-36-38(33)32-19-8-9-22-35(32)40-36)34-25-24-27-13-5-7-18-30(27)37(34)31-20-10-14-26-12-4-6-17-29(26)31/h1-25H. The minimum Gasteiger partial charge on any atom is -0.456 e. The van der Waals surface area contributed by atoms with Crippen molar-refractivity contribution in [3.63, 3.8) is 0 Å². The summed E-state index contributed by atoms with van der Waals surface area (Å²) >= 11 is 0. The van der Waals surface area contributed by atoms with Gasteiger partial charge in [-0.05, 0) is 63.5 Å². The molecule has 8 rings (SSSR count). The molecule has 1 aromatic heterocycles. The summed E-state index contributed by atoms with van der Waals surface area (Å²) in [5.41, 5.74) is 7.51. The first-order valence-corrected chi connectivity index (χ1v) is 13.6. The van der Waals surface area contributed by atoms with Crippen molar-refractivity contribution in [3.05, 3.63) is 152 Å². The highest BCUT2D eigenvalue weighted by molar-refractivity contribution is 6.16. The van der Waals surface area contributed by atoms with E-state index in [2.05, 4.69) is 144 Å². The van der Waals surface area contributed by atoms with Gasteiger partial charge >= 0.3 is 0 Å². The van der Waals surface area contributed by atoms with Crippen molar-refractivity contribution in [1.82, 2.24) is 0 Å². The second kappa shape index (κ2) is 9.14. The lowest BCUT2D eigenvalue weighted by atomic mass is 9.91. The summed E-state index contributed by atoms with van der Waals surface area (Å²) in [7, 11) is 0. The zero-order chi connectivity index (χ0) is 26.5. The topological polar surface area (TPSA) is 16.4 Å². The smallest absolute Gasteiger partial charge is 0.137 e. The third-order valence-corrected chi connectivity index (χ3v) is 7.84. The van der Waals surface area contributed by atoms with Crippen LogP contribution in [-0.4, -0.2) is 0 Å². The normalized spacial score (nSPS) is 11.5. The Morgan fingerprint density at radius 3 is 1.88 bits per heavy atom. The van der Waals surface area contributed by atoms with Crippen molar-refractivity contribution in [2.75, 3.05) is 4.90 Å². The van der Waals surface area contributed by atoms with E-state index in [1.54, 1.807) is 0 Å². The highest BCUT2D eigenvalue weighted by atomic mass is 16.3. The predicted molar refractivity (Wildman–Crippen MR) is 169 cm³/mol. The van der Waals surface area contributed by atoms with E-state index in [9.17, 15) is 0 Å². The van der Waals surface area contributed by atoms with Gasteiger partial charge in [0.2, 0.25) is 0 Å². The van der Waals surface area contributed by atoms with Gasteiger partial charge in [-0.1, -0.05) is 115 Å². The molecule has 0 atom stereocenters. The Hall–Kier alpha value is -5.34. The number of nitrogens with zero attached hydrogens (tertiary/aromatic N) is 1. The summed E-state index contributed by atoms with van der Waals surface area (Å²) in [6, 6.07) is 53.8. The van der Waals surface area contributed by atoms with E-state index < -0.39 is 0 Å². The molecule has 0 aliphatic heterocycles. The van der Waals surface area contributed by atoms with Gasteiger partial charge in [-0.15, -0.1) is 0 Å². The average Bonchev–Trinajstić information content (AvgIpc) is 3.41. The Morgan fingerprint density at radius 1 is 0.400 bits per heavy atom. The number of fused-ring (bicyclic) bond motifs is 5. The molecule has 2 nitrogen and oxygen atoms in total. The maximum Gasteiger partial charge on any atom is 0.137 e. The highest BCUT2D eigenvalue weighted by Gasteiger charge is 2.23. The minimum absolute atomic E-state index is 0.882. The zero-order valence-electron chi connectivity index (χ0n) is 21.8. The first-order chi connectivity index (χ1) is 19.9. The van der Waals surface area contributed by atoms with Crippen LogP contribution in [0.5, 0.6) is 0 Å². The molecule has 1 heterocycles. The van der Waals surface area contributed by atoms with Crippen molar-refractivity contribution in [2.45, 2.75) is 0 Å². The fourth-order valence-corrected chi connectivity index (χ4v) is 6.10. The number of hydrogen-bond acceptors (Lipinski definition) is 2. The predicted octanol–water partition coefficient (Wildman–Crippen LogP) is 11.0. The molecule has 0 spiro atoms. The number of furan rings is 1. The first kappa shape index (κ1) is 22.6. The quantitative estimate of drug-likeness (QED) is 0.234. The Morgan fingerprint density at radius 2 is 1.02 bits per heavy atom. The lowest BCUT2D eigenvalue weighted by Gasteiger charge is -2.29. The number of anilines is 3. The van der Waals surface area contributed by atoms with E-state index >= 15 is 0 Å². The summed E-state index contributed by atoms with van der Waals surface area (Å²) in [5.74, 6) is 0. The first-order valence-electron chi connectivity index (χ1n) is 13.6. The maximum atomic E-state index is 6.33. The molecule has 0 N–H and O–H groups in total. The third kappa shape index (κ3) is 3.50. The molecule has 40 heavy (non-hydrogen) atoms. The van der Waals surface area contributed by atoms with Crippen LogP contribution in [0.15, 0.2) is 156 Å². The van der Waals surface area contributed by atoms with Crippen LogP contribution in [0.25, 0.3) is 54.6 Å². The van der Waals surface area contributed by atoms with Crippen LogP contribution in [0.4, 0.5) is 17.1 Å². The van der Waals surface area contributed by atoms with E-state index in [0.717, 1.165) is 39.0 Å². The highest BCUT2D eigenvalue weighted by Crippen LogP contribution is 2.48. The number of benzene rings is 7. The molecule has 7 aromatic carbocycles. The molecule has 0 amide bonds. The molecule has 0 aliphatic rings. The van der Waals surface area contributed by atoms with Crippen molar-refractivity contribution in [2.24, 2.45) is 0 Å². The number of hydrogen-bond donors (Lipinski definition) is 0. The van der Waals surface area contributed by atoms with E-state index in [4.69, 9.17) is 4.42 Å². The van der Waals surface area contributed by atoms with E-state index in [-0.39, 0.29) is 0 Å². The molecule has 0 saturated heterocycles. The number of rotatable bonds is 4. The van der Waals surface area contributed by atoms with Gasteiger partial charge in [0.25, 0.3) is 0 Å². The average molecular weight is 512 g/mol. The molecule has 8 aromatic rings. The van der Waals surface area contributed by atoms with Gasteiger partial charge in [-0.3, -0.25) is 0 Å². The summed E-state index contributed by atoms with van der Waals surface area (Å²) in [4.78, 5) is 2.40. The number of para-hydroxylation sites is 2. The van der Waals surface area contributed by atoms with Gasteiger partial charge in [-0.2, -0.15) is 0 Å². The van der Waals surface area contributed by atoms with E-state index in [1.807, 2.05) is 12.1 Å². The summed E-state index contributed by atoms with van der Waals surface area (Å²) in [5, 5.41) is 7.13. The van der Waals surface area contributed by atoms with Gasteiger partial charge in [0.15, 0.2) is 0 Å². The molecule has 0 bridgehead atoms. The zero-order valence-corrected chi connectivity index (χ0v) is 21.8. The second-order valence-corrected chi connectivity index (χ2v) is 10.1. The van der Waals surface area contributed by atoms with Gasteiger partial charge in [-0.25, -0.2) is 0 Å². The van der Waals surface area contributed by atoms with Crippen molar-refractivity contribution in [1.29, 1.82) is 0 Å². The molecular formula is C38H25NO.